The van der Waals surface area contributed by atoms with E-state index in [1.807, 2.05) is 0 Å². The molecule has 1 aromatic heterocycles. The molecular formula is C30H45FN10O7. The van der Waals surface area contributed by atoms with Crippen LogP contribution in [0.25, 0.3) is 0 Å². The zero-order valence-corrected chi connectivity index (χ0v) is 26.7. The molecule has 48 heavy (non-hydrogen) atoms. The van der Waals surface area contributed by atoms with Crippen molar-refractivity contribution in [1.29, 1.82) is 0 Å². The fraction of sp³-hybridized carbons (Fsp3) is 0.533. The topological polar surface area (TPSA) is 266 Å². The maximum absolute atomic E-state index is 13.1. The van der Waals surface area contributed by atoms with Gasteiger partial charge in [0.1, 0.15) is 18.1 Å². The standard InChI is InChI=1S/C30H45FN10O7/c31-13-12-21-19-41(40-39-21)30(48)38-22(10-4-6-14-32)27(44)34-18-26(43)37-24(16-20-8-2-1-3-9-20)28(45)35-17-25(42)36-23(29(46)47)11-5-7-15-33/h1-3,8-9,19,22-24H,4-7,10-18,32-33H2,(H,34,44)(H,35,45)(H,36,42)(H,37,43)(H,38,48)(H,46,47)/t22-,23-,24-/m0/s1. The summed E-state index contributed by atoms with van der Waals surface area (Å²) in [5.74, 6) is -4.07. The van der Waals surface area contributed by atoms with Crippen LogP contribution in [0.5, 0.6) is 0 Å². The first-order valence-corrected chi connectivity index (χ1v) is 15.7. The first kappa shape index (κ1) is 39.2. The number of benzene rings is 1. The van der Waals surface area contributed by atoms with Crippen LogP contribution in [0.3, 0.4) is 0 Å². The maximum atomic E-state index is 13.1. The number of hydrogen-bond donors (Lipinski definition) is 8. The number of unbranched alkanes of at least 4 members (excludes halogenated alkanes) is 2. The van der Waals surface area contributed by atoms with E-state index in [4.69, 9.17) is 11.5 Å². The van der Waals surface area contributed by atoms with Gasteiger partial charge in [-0.2, -0.15) is 4.68 Å². The Balaban J connectivity index is 2.02. The number of aryl methyl sites for hydroxylation is 1. The van der Waals surface area contributed by atoms with Crippen molar-refractivity contribution in [3.63, 3.8) is 0 Å². The Hall–Kier alpha value is -4.97. The van der Waals surface area contributed by atoms with Gasteiger partial charge in [-0.1, -0.05) is 35.5 Å². The summed E-state index contributed by atoms with van der Waals surface area (Å²) in [4.78, 5) is 75.6. The third-order valence-electron chi connectivity index (χ3n) is 7.02. The molecule has 0 aliphatic heterocycles. The van der Waals surface area contributed by atoms with Crippen molar-refractivity contribution in [3.05, 3.63) is 47.8 Å². The number of carboxylic acids is 1. The van der Waals surface area contributed by atoms with E-state index in [2.05, 4.69) is 36.9 Å². The third-order valence-corrected chi connectivity index (χ3v) is 7.02. The van der Waals surface area contributed by atoms with Crippen molar-refractivity contribution in [2.45, 2.75) is 69.5 Å². The Kier molecular flexibility index (Phi) is 17.8. The van der Waals surface area contributed by atoms with Crippen molar-refractivity contribution in [1.82, 2.24) is 41.6 Å². The molecule has 2 aromatic rings. The molecule has 264 valence electrons. The summed E-state index contributed by atoms with van der Waals surface area (Å²) in [7, 11) is 0. The Bertz CT molecular complexity index is 1340. The molecule has 0 radical (unpaired) electrons. The first-order chi connectivity index (χ1) is 23.1. The van der Waals surface area contributed by atoms with Crippen LogP contribution in [-0.4, -0.2) is 107 Å². The van der Waals surface area contributed by atoms with Crippen molar-refractivity contribution in [3.8, 4) is 0 Å². The fourth-order valence-corrected chi connectivity index (χ4v) is 4.47. The van der Waals surface area contributed by atoms with Crippen LogP contribution < -0.4 is 38.1 Å². The van der Waals surface area contributed by atoms with Gasteiger partial charge in [-0.15, -0.1) is 5.10 Å². The van der Waals surface area contributed by atoms with Gasteiger partial charge >= 0.3 is 12.0 Å². The van der Waals surface area contributed by atoms with Crippen molar-refractivity contribution in [2.75, 3.05) is 32.9 Å². The Morgan fingerprint density at radius 3 is 1.92 bits per heavy atom. The lowest BCUT2D eigenvalue weighted by Gasteiger charge is -2.21. The van der Waals surface area contributed by atoms with E-state index in [1.165, 1.54) is 6.20 Å². The zero-order valence-electron chi connectivity index (χ0n) is 26.7. The van der Waals surface area contributed by atoms with Crippen LogP contribution >= 0.6 is 0 Å². The molecule has 3 atom stereocenters. The van der Waals surface area contributed by atoms with E-state index in [0.717, 1.165) is 4.68 Å². The van der Waals surface area contributed by atoms with E-state index < -0.39 is 73.5 Å². The molecule has 0 bridgehead atoms. The molecule has 10 N–H and O–H groups in total. The summed E-state index contributed by atoms with van der Waals surface area (Å²) >= 11 is 0. The second-order valence-electron chi connectivity index (χ2n) is 10.9. The van der Waals surface area contributed by atoms with Gasteiger partial charge in [-0.05, 0) is 57.2 Å². The number of nitrogens with zero attached hydrogens (tertiary/aromatic N) is 3. The number of aromatic nitrogens is 3. The fourth-order valence-electron chi connectivity index (χ4n) is 4.47. The number of alkyl halides is 1. The monoisotopic (exact) mass is 676 g/mol. The summed E-state index contributed by atoms with van der Waals surface area (Å²) in [6.45, 7) is -1.02. The third kappa shape index (κ3) is 14.6. The molecule has 0 saturated carbocycles. The van der Waals surface area contributed by atoms with Crippen molar-refractivity contribution in [2.24, 2.45) is 11.5 Å². The summed E-state index contributed by atoms with van der Waals surface area (Å²) in [5.41, 5.74) is 11.9. The highest BCUT2D eigenvalue weighted by molar-refractivity contribution is 5.94. The van der Waals surface area contributed by atoms with Crippen LogP contribution in [0.15, 0.2) is 36.5 Å². The molecule has 0 spiro atoms. The minimum atomic E-state index is -1.22. The van der Waals surface area contributed by atoms with E-state index in [-0.39, 0.29) is 31.4 Å². The summed E-state index contributed by atoms with van der Waals surface area (Å²) in [6.07, 6.45) is 3.77. The summed E-state index contributed by atoms with van der Waals surface area (Å²) in [5, 5.41) is 29.0. The average molecular weight is 677 g/mol. The van der Waals surface area contributed by atoms with Crippen LogP contribution in [0.4, 0.5) is 9.18 Å². The molecule has 0 aliphatic rings. The molecule has 0 fully saturated rings. The van der Waals surface area contributed by atoms with Gasteiger partial charge in [-0.25, -0.2) is 9.59 Å². The summed E-state index contributed by atoms with van der Waals surface area (Å²) < 4.78 is 13.5. The van der Waals surface area contributed by atoms with Gasteiger partial charge in [0.25, 0.3) is 0 Å². The normalized spacial score (nSPS) is 12.6. The van der Waals surface area contributed by atoms with Gasteiger partial charge in [0, 0.05) is 12.8 Å². The SMILES string of the molecule is NCCCC[C@H](NC(=O)CNC(=O)[C@H](Cc1ccccc1)NC(=O)CNC(=O)[C@H](CCCCN)NC(=O)n1cc(CCF)nn1)C(=O)O. The molecule has 1 aromatic carbocycles. The smallest absolute Gasteiger partial charge is 0.344 e. The van der Waals surface area contributed by atoms with E-state index >= 15 is 0 Å². The second kappa shape index (κ2) is 21.8. The number of halogens is 1. The molecule has 0 unspecified atom stereocenters. The predicted octanol–water partition coefficient (Wildman–Crippen LogP) is -1.50. The highest BCUT2D eigenvalue weighted by atomic mass is 19.1. The van der Waals surface area contributed by atoms with Crippen LogP contribution in [0.2, 0.25) is 0 Å². The molecular weight excluding hydrogens is 631 g/mol. The second-order valence-corrected chi connectivity index (χ2v) is 10.9. The number of amides is 5. The summed E-state index contributed by atoms with van der Waals surface area (Å²) in [6, 6.07) is 4.59. The Morgan fingerprint density at radius 2 is 1.35 bits per heavy atom. The predicted molar refractivity (Wildman–Crippen MR) is 171 cm³/mol. The number of rotatable bonds is 22. The largest absolute Gasteiger partial charge is 0.480 e. The molecule has 0 saturated heterocycles. The number of carboxylic acid groups (broad SMARTS) is 1. The lowest BCUT2D eigenvalue weighted by Crippen LogP contribution is -2.54. The first-order valence-electron chi connectivity index (χ1n) is 15.7. The van der Waals surface area contributed by atoms with Crippen molar-refractivity contribution >= 4 is 35.6 Å². The molecule has 2 rings (SSSR count). The van der Waals surface area contributed by atoms with Crippen LogP contribution in [0.1, 0.15) is 49.8 Å². The molecule has 0 aliphatic carbocycles. The number of nitrogens with two attached hydrogens (primary N) is 2. The van der Waals surface area contributed by atoms with Gasteiger partial charge in [0.05, 0.1) is 31.7 Å². The number of carbonyl (C=O) groups excluding carboxylic acids is 5. The Labute approximate surface area is 277 Å². The van der Waals surface area contributed by atoms with Crippen molar-refractivity contribution < 1.29 is 38.3 Å². The molecule has 5 amide bonds. The number of carbonyl (C=O) groups is 6. The van der Waals surface area contributed by atoms with E-state index in [1.54, 1.807) is 30.3 Å². The van der Waals surface area contributed by atoms with Gasteiger partial charge < -0.3 is 43.2 Å². The lowest BCUT2D eigenvalue weighted by molar-refractivity contribution is -0.142. The highest BCUT2D eigenvalue weighted by Crippen LogP contribution is 2.05. The van der Waals surface area contributed by atoms with Gasteiger partial charge in [0.2, 0.25) is 23.6 Å². The average Bonchev–Trinajstić information content (AvgIpc) is 3.54. The number of nitrogens with one attached hydrogen (secondary N) is 5. The molecule has 18 heteroatoms. The zero-order chi connectivity index (χ0) is 35.3. The van der Waals surface area contributed by atoms with E-state index in [0.29, 0.717) is 44.3 Å². The van der Waals surface area contributed by atoms with Crippen LogP contribution in [-0.2, 0) is 36.8 Å². The molecule has 17 nitrogen and oxygen atoms in total. The minimum absolute atomic E-state index is 0.0277. The number of aliphatic carboxylic acids is 1. The minimum Gasteiger partial charge on any atom is -0.480 e. The molecule has 1 heterocycles. The Morgan fingerprint density at radius 1 is 0.792 bits per heavy atom. The van der Waals surface area contributed by atoms with Gasteiger partial charge in [-0.3, -0.25) is 23.6 Å². The van der Waals surface area contributed by atoms with E-state index in [9.17, 15) is 38.3 Å². The quantitative estimate of drug-likeness (QED) is 0.0666. The van der Waals surface area contributed by atoms with Crippen LogP contribution in [0, 0.1) is 0 Å². The number of hydrogen-bond acceptors (Lipinski definition) is 10. The maximum Gasteiger partial charge on any atom is 0.344 e. The lowest BCUT2D eigenvalue weighted by atomic mass is 10.1. The highest BCUT2D eigenvalue weighted by Gasteiger charge is 2.26. The van der Waals surface area contributed by atoms with Gasteiger partial charge in [0.15, 0.2) is 0 Å².